The summed E-state index contributed by atoms with van der Waals surface area (Å²) < 4.78 is 0.897. The number of carboxylic acid groups (broad SMARTS) is 1. The van der Waals surface area contributed by atoms with Gasteiger partial charge >= 0.3 is 5.97 Å². The fourth-order valence-electron chi connectivity index (χ4n) is 1.02. The molecule has 2 aromatic rings. The molecule has 1 N–H and O–H groups in total. The minimum absolute atomic E-state index is 0.0712. The molecule has 86 valence electrons. The molecule has 2 aromatic heterocycles. The molecule has 0 fully saturated rings. The average Bonchev–Trinajstić information content (AvgIpc) is 2.33. The van der Waals surface area contributed by atoms with Crippen molar-refractivity contribution in [1.82, 2.24) is 15.2 Å². The third-order valence-corrected chi connectivity index (χ3v) is 3.12. The van der Waals surface area contributed by atoms with Gasteiger partial charge in [-0.05, 0) is 52.0 Å². The van der Waals surface area contributed by atoms with Crippen LogP contribution in [0.4, 0.5) is 0 Å². The molecule has 0 atom stereocenters. The fraction of sp³-hybridized carbons (Fsp3) is 0. The van der Waals surface area contributed by atoms with Gasteiger partial charge in [0.1, 0.15) is 10.1 Å². The lowest BCUT2D eigenvalue weighted by Gasteiger charge is -1.99. The zero-order chi connectivity index (χ0) is 12.3. The number of hydrogen-bond donors (Lipinski definition) is 1. The summed E-state index contributed by atoms with van der Waals surface area (Å²) in [4.78, 5) is 14.7. The molecule has 0 aromatic carbocycles. The summed E-state index contributed by atoms with van der Waals surface area (Å²) in [5.41, 5.74) is -0.0712. The highest BCUT2D eigenvalue weighted by Gasteiger charge is 2.06. The number of rotatable bonds is 3. The van der Waals surface area contributed by atoms with Crippen molar-refractivity contribution in [1.29, 1.82) is 0 Å². The summed E-state index contributed by atoms with van der Waals surface area (Å²) >= 11 is 4.61. The van der Waals surface area contributed by atoms with E-state index in [1.165, 1.54) is 17.8 Å². The van der Waals surface area contributed by atoms with Gasteiger partial charge in [0.2, 0.25) is 0 Å². The highest BCUT2D eigenvalue weighted by molar-refractivity contribution is 9.10. The van der Waals surface area contributed by atoms with Crippen LogP contribution in [0.2, 0.25) is 0 Å². The second-order valence-electron chi connectivity index (χ2n) is 2.98. The van der Waals surface area contributed by atoms with E-state index in [0.29, 0.717) is 5.03 Å². The third kappa shape index (κ3) is 3.24. The molecule has 0 aliphatic heterocycles. The topological polar surface area (TPSA) is 76.0 Å². The van der Waals surface area contributed by atoms with Crippen LogP contribution in [0.15, 0.2) is 45.0 Å². The normalized spacial score (nSPS) is 10.2. The zero-order valence-electron chi connectivity index (χ0n) is 8.37. The Labute approximate surface area is 109 Å². The van der Waals surface area contributed by atoms with E-state index >= 15 is 0 Å². The second-order valence-corrected chi connectivity index (χ2v) is 4.94. The largest absolute Gasteiger partial charge is 0.476 e. The molecule has 0 saturated heterocycles. The molecule has 0 aliphatic rings. The van der Waals surface area contributed by atoms with E-state index in [2.05, 4.69) is 31.1 Å². The Balaban J connectivity index is 2.13. The van der Waals surface area contributed by atoms with Crippen molar-refractivity contribution in [2.75, 3.05) is 0 Å². The first kappa shape index (κ1) is 12.0. The quantitative estimate of drug-likeness (QED) is 0.938. The Morgan fingerprint density at radius 3 is 2.47 bits per heavy atom. The van der Waals surface area contributed by atoms with Crippen LogP contribution in [0.1, 0.15) is 10.5 Å². The lowest BCUT2D eigenvalue weighted by atomic mass is 10.4. The molecule has 0 radical (unpaired) electrons. The van der Waals surface area contributed by atoms with Gasteiger partial charge < -0.3 is 5.11 Å². The second kappa shape index (κ2) is 5.24. The van der Waals surface area contributed by atoms with Gasteiger partial charge in [-0.25, -0.2) is 9.78 Å². The first-order valence-corrected chi connectivity index (χ1v) is 6.12. The summed E-state index contributed by atoms with van der Waals surface area (Å²) in [6.07, 6.45) is 1.68. The number of pyridine rings is 1. The molecule has 17 heavy (non-hydrogen) atoms. The van der Waals surface area contributed by atoms with Crippen LogP contribution in [-0.2, 0) is 0 Å². The Hall–Kier alpha value is -1.47. The maximum absolute atomic E-state index is 10.6. The summed E-state index contributed by atoms with van der Waals surface area (Å²) in [6, 6.07) is 6.72. The molecule has 0 saturated carbocycles. The molecule has 0 aliphatic carbocycles. The van der Waals surface area contributed by atoms with Crippen LogP contribution in [0.3, 0.4) is 0 Å². The number of aromatic carboxylic acids is 1. The van der Waals surface area contributed by atoms with E-state index < -0.39 is 5.97 Å². The van der Waals surface area contributed by atoms with Crippen molar-refractivity contribution in [3.8, 4) is 0 Å². The van der Waals surface area contributed by atoms with Crippen molar-refractivity contribution in [3.63, 3.8) is 0 Å². The van der Waals surface area contributed by atoms with E-state index in [4.69, 9.17) is 5.11 Å². The minimum Gasteiger partial charge on any atom is -0.476 e. The van der Waals surface area contributed by atoms with E-state index in [9.17, 15) is 4.79 Å². The van der Waals surface area contributed by atoms with Gasteiger partial charge in [0, 0.05) is 10.7 Å². The highest BCUT2D eigenvalue weighted by atomic mass is 79.9. The maximum atomic E-state index is 10.6. The van der Waals surface area contributed by atoms with E-state index in [-0.39, 0.29) is 5.69 Å². The molecule has 0 bridgehead atoms. The van der Waals surface area contributed by atoms with Gasteiger partial charge in [-0.1, -0.05) is 0 Å². The molecule has 2 rings (SSSR count). The van der Waals surface area contributed by atoms with Crippen molar-refractivity contribution in [2.24, 2.45) is 0 Å². The standard InChI is InChI=1S/C10H6BrN3O2S/c11-6-1-3-8(12-5-6)17-9-4-2-7(10(15)16)13-14-9/h1-5H,(H,15,16). The van der Waals surface area contributed by atoms with Gasteiger partial charge in [-0.3, -0.25) is 0 Å². The van der Waals surface area contributed by atoms with Crippen molar-refractivity contribution in [2.45, 2.75) is 10.1 Å². The number of aromatic nitrogens is 3. The number of halogens is 1. The Bertz CT molecular complexity index is 530. The van der Waals surface area contributed by atoms with Gasteiger partial charge in [0.25, 0.3) is 0 Å². The molecular weight excluding hydrogens is 306 g/mol. The monoisotopic (exact) mass is 311 g/mol. The summed E-state index contributed by atoms with van der Waals surface area (Å²) in [7, 11) is 0. The first-order valence-electron chi connectivity index (χ1n) is 4.51. The number of nitrogens with zero attached hydrogens (tertiary/aromatic N) is 3. The molecule has 5 nitrogen and oxygen atoms in total. The van der Waals surface area contributed by atoms with E-state index in [1.807, 2.05) is 12.1 Å². The van der Waals surface area contributed by atoms with Gasteiger partial charge in [0.05, 0.1) is 0 Å². The first-order chi connectivity index (χ1) is 8.15. The predicted octanol–water partition coefficient (Wildman–Crippen LogP) is 2.48. The predicted molar refractivity (Wildman–Crippen MR) is 65.1 cm³/mol. The smallest absolute Gasteiger partial charge is 0.356 e. The van der Waals surface area contributed by atoms with Crippen LogP contribution in [0.5, 0.6) is 0 Å². The number of hydrogen-bond acceptors (Lipinski definition) is 5. The van der Waals surface area contributed by atoms with Crippen molar-refractivity contribution < 1.29 is 9.90 Å². The molecule has 0 spiro atoms. The number of carbonyl (C=O) groups is 1. The van der Waals surface area contributed by atoms with Gasteiger partial charge in [-0.2, -0.15) is 0 Å². The number of carboxylic acids is 1. The van der Waals surface area contributed by atoms with Crippen LogP contribution in [0, 0.1) is 0 Å². The molecule has 0 amide bonds. The average molecular weight is 312 g/mol. The summed E-state index contributed by atoms with van der Waals surface area (Å²) in [5.74, 6) is -1.09. The highest BCUT2D eigenvalue weighted by Crippen LogP contribution is 2.24. The lowest BCUT2D eigenvalue weighted by Crippen LogP contribution is -2.01. The molecule has 0 unspecified atom stereocenters. The van der Waals surface area contributed by atoms with Gasteiger partial charge in [-0.15, -0.1) is 10.2 Å². The minimum atomic E-state index is -1.09. The van der Waals surface area contributed by atoms with E-state index in [0.717, 1.165) is 9.50 Å². The summed E-state index contributed by atoms with van der Waals surface area (Å²) in [5, 5.41) is 17.4. The van der Waals surface area contributed by atoms with Crippen molar-refractivity contribution >= 4 is 33.7 Å². The Kier molecular flexibility index (Phi) is 3.70. The maximum Gasteiger partial charge on any atom is 0.356 e. The van der Waals surface area contributed by atoms with Gasteiger partial charge in [0.15, 0.2) is 5.69 Å². The lowest BCUT2D eigenvalue weighted by molar-refractivity contribution is 0.0689. The van der Waals surface area contributed by atoms with Crippen molar-refractivity contribution in [3.05, 3.63) is 40.6 Å². The zero-order valence-corrected chi connectivity index (χ0v) is 10.8. The third-order valence-electron chi connectivity index (χ3n) is 1.77. The SMILES string of the molecule is O=C(O)c1ccc(Sc2ccc(Br)cn2)nn1. The van der Waals surface area contributed by atoms with Crippen LogP contribution >= 0.6 is 27.7 Å². The van der Waals surface area contributed by atoms with E-state index in [1.54, 1.807) is 12.3 Å². The Morgan fingerprint density at radius 1 is 1.18 bits per heavy atom. The Morgan fingerprint density at radius 2 is 1.94 bits per heavy atom. The molecule has 7 heteroatoms. The molecule has 2 heterocycles. The molecular formula is C10H6BrN3O2S. The van der Waals surface area contributed by atoms with Crippen LogP contribution < -0.4 is 0 Å². The van der Waals surface area contributed by atoms with Crippen LogP contribution in [-0.4, -0.2) is 26.3 Å². The summed E-state index contributed by atoms with van der Waals surface area (Å²) in [6.45, 7) is 0. The fourth-order valence-corrected chi connectivity index (χ4v) is 1.93. The van der Waals surface area contributed by atoms with Crippen LogP contribution in [0.25, 0.3) is 0 Å².